The molecule has 1 aromatic rings. The zero-order valence-corrected chi connectivity index (χ0v) is 12.1. The van der Waals surface area contributed by atoms with Gasteiger partial charge in [0.05, 0.1) is 11.6 Å². The van der Waals surface area contributed by atoms with E-state index in [0.29, 0.717) is 19.5 Å². The van der Waals surface area contributed by atoms with Gasteiger partial charge in [-0.15, -0.1) is 0 Å². The summed E-state index contributed by atoms with van der Waals surface area (Å²) in [6.07, 6.45) is 3.91. The number of hydrogen-bond donors (Lipinski definition) is 0. The Labute approximate surface area is 118 Å². The molecule has 2 heterocycles. The molecular formula is C14H20N2O4. The Morgan fingerprint density at radius 2 is 2.10 bits per heavy atom. The summed E-state index contributed by atoms with van der Waals surface area (Å²) in [5, 5.41) is 4.24. The van der Waals surface area contributed by atoms with Crippen LogP contribution in [0.1, 0.15) is 60.5 Å². The van der Waals surface area contributed by atoms with Gasteiger partial charge in [0.25, 0.3) is 0 Å². The van der Waals surface area contributed by atoms with Gasteiger partial charge in [0.1, 0.15) is 5.60 Å². The maximum absolute atomic E-state index is 12.1. The zero-order valence-electron chi connectivity index (χ0n) is 12.1. The van der Waals surface area contributed by atoms with E-state index >= 15 is 0 Å². The molecule has 1 saturated heterocycles. The molecular weight excluding hydrogens is 260 g/mol. The van der Waals surface area contributed by atoms with Gasteiger partial charge in [0.2, 0.25) is 0 Å². The third kappa shape index (κ3) is 3.45. The minimum atomic E-state index is -0.611. The smallest absolute Gasteiger partial charge is 0.360 e. The first kappa shape index (κ1) is 14.7. The number of esters is 1. The summed E-state index contributed by atoms with van der Waals surface area (Å²) in [4.78, 5) is 23.2. The summed E-state index contributed by atoms with van der Waals surface area (Å²) in [6, 6.07) is 0.165. The second-order valence-corrected chi connectivity index (χ2v) is 5.88. The second kappa shape index (κ2) is 5.75. The normalized spacial score (nSPS) is 16.9. The van der Waals surface area contributed by atoms with Gasteiger partial charge >= 0.3 is 5.97 Å². The van der Waals surface area contributed by atoms with Gasteiger partial charge in [-0.25, -0.2) is 4.79 Å². The van der Waals surface area contributed by atoms with E-state index < -0.39 is 11.6 Å². The summed E-state index contributed by atoms with van der Waals surface area (Å²) in [5.41, 5.74) is -0.258. The largest absolute Gasteiger partial charge is 0.455 e. The van der Waals surface area contributed by atoms with Crippen molar-refractivity contribution in [2.75, 3.05) is 13.2 Å². The van der Waals surface area contributed by atoms with E-state index in [1.54, 1.807) is 31.6 Å². The Kier molecular flexibility index (Phi) is 4.23. The monoisotopic (exact) mass is 280 g/mol. The van der Waals surface area contributed by atoms with Crippen molar-refractivity contribution in [1.82, 2.24) is 9.78 Å². The highest BCUT2D eigenvalue weighted by molar-refractivity contribution is 5.96. The predicted molar refractivity (Wildman–Crippen MR) is 71.9 cm³/mol. The molecule has 0 aliphatic carbocycles. The van der Waals surface area contributed by atoms with Crippen molar-refractivity contribution in [3.05, 3.63) is 17.5 Å². The van der Waals surface area contributed by atoms with Crippen LogP contribution in [-0.4, -0.2) is 40.9 Å². The highest BCUT2D eigenvalue weighted by Crippen LogP contribution is 2.22. The highest BCUT2D eigenvalue weighted by atomic mass is 16.6. The molecule has 1 aliphatic heterocycles. The van der Waals surface area contributed by atoms with Crippen LogP contribution < -0.4 is 0 Å². The van der Waals surface area contributed by atoms with E-state index in [0.717, 1.165) is 12.8 Å². The lowest BCUT2D eigenvalue weighted by atomic mass is 10.1. The van der Waals surface area contributed by atoms with E-state index in [-0.39, 0.29) is 17.3 Å². The number of aldehydes is 1. The summed E-state index contributed by atoms with van der Waals surface area (Å²) in [5.74, 6) is -0.564. The summed E-state index contributed by atoms with van der Waals surface area (Å²) >= 11 is 0. The molecule has 0 bridgehead atoms. The van der Waals surface area contributed by atoms with Gasteiger partial charge in [-0.05, 0) is 33.6 Å². The molecule has 0 amide bonds. The van der Waals surface area contributed by atoms with Crippen molar-refractivity contribution in [1.29, 1.82) is 0 Å². The molecule has 110 valence electrons. The molecule has 0 aromatic carbocycles. The Bertz CT molecular complexity index is 496. The molecule has 2 rings (SSSR count). The van der Waals surface area contributed by atoms with Crippen molar-refractivity contribution in [2.45, 2.75) is 45.3 Å². The van der Waals surface area contributed by atoms with Gasteiger partial charge in [-0.2, -0.15) is 5.10 Å². The fourth-order valence-corrected chi connectivity index (χ4v) is 2.11. The first-order valence-corrected chi connectivity index (χ1v) is 6.76. The average molecular weight is 280 g/mol. The number of hydrogen-bond acceptors (Lipinski definition) is 5. The van der Waals surface area contributed by atoms with Crippen LogP contribution in [0, 0.1) is 0 Å². The van der Waals surface area contributed by atoms with Gasteiger partial charge in [-0.1, -0.05) is 0 Å². The third-order valence-corrected chi connectivity index (χ3v) is 3.04. The van der Waals surface area contributed by atoms with Crippen molar-refractivity contribution < 1.29 is 19.1 Å². The van der Waals surface area contributed by atoms with Crippen LogP contribution in [0.15, 0.2) is 6.20 Å². The number of aromatic nitrogens is 2. The van der Waals surface area contributed by atoms with Crippen molar-refractivity contribution in [3.8, 4) is 0 Å². The van der Waals surface area contributed by atoms with Crippen molar-refractivity contribution in [2.24, 2.45) is 0 Å². The van der Waals surface area contributed by atoms with Gasteiger partial charge in [-0.3, -0.25) is 9.48 Å². The lowest BCUT2D eigenvalue weighted by Gasteiger charge is -2.22. The number of rotatable bonds is 3. The molecule has 0 radical (unpaired) electrons. The van der Waals surface area contributed by atoms with Crippen LogP contribution in [0.25, 0.3) is 0 Å². The first-order chi connectivity index (χ1) is 9.40. The molecule has 6 nitrogen and oxygen atoms in total. The average Bonchev–Trinajstić information content (AvgIpc) is 2.82. The number of ether oxygens (including phenoxy) is 2. The molecule has 1 aliphatic rings. The molecule has 1 fully saturated rings. The van der Waals surface area contributed by atoms with E-state index in [9.17, 15) is 9.59 Å². The number of carbonyl (C=O) groups excluding carboxylic acids is 2. The van der Waals surface area contributed by atoms with Crippen LogP contribution >= 0.6 is 0 Å². The Morgan fingerprint density at radius 1 is 1.45 bits per heavy atom. The lowest BCUT2D eigenvalue weighted by molar-refractivity contribution is 0.00595. The standard InChI is InChI=1S/C14H20N2O4/c1-14(2,3)20-13(18)12-10(9-17)8-16(15-12)11-4-6-19-7-5-11/h8-9,11H,4-7H2,1-3H3. The Morgan fingerprint density at radius 3 is 2.65 bits per heavy atom. The van der Waals surface area contributed by atoms with Crippen LogP contribution in [0.5, 0.6) is 0 Å². The maximum atomic E-state index is 12.1. The number of nitrogens with zero attached hydrogens (tertiary/aromatic N) is 2. The van der Waals surface area contributed by atoms with Gasteiger partial charge in [0, 0.05) is 19.4 Å². The quantitative estimate of drug-likeness (QED) is 0.625. The molecule has 0 N–H and O–H groups in total. The molecule has 0 spiro atoms. The molecule has 6 heteroatoms. The van der Waals surface area contributed by atoms with Crippen molar-refractivity contribution >= 4 is 12.3 Å². The third-order valence-electron chi connectivity index (χ3n) is 3.04. The van der Waals surface area contributed by atoms with Crippen LogP contribution in [-0.2, 0) is 9.47 Å². The second-order valence-electron chi connectivity index (χ2n) is 5.88. The highest BCUT2D eigenvalue weighted by Gasteiger charge is 2.25. The summed E-state index contributed by atoms with van der Waals surface area (Å²) in [6.45, 7) is 6.67. The van der Waals surface area contributed by atoms with E-state index in [1.807, 2.05) is 0 Å². The van der Waals surface area contributed by atoms with E-state index in [1.165, 1.54) is 0 Å². The minimum Gasteiger partial charge on any atom is -0.455 e. The Balaban J connectivity index is 2.22. The zero-order chi connectivity index (χ0) is 14.8. The topological polar surface area (TPSA) is 70.4 Å². The molecule has 0 unspecified atom stereocenters. The predicted octanol–water partition coefficient (Wildman–Crippen LogP) is 2.00. The first-order valence-electron chi connectivity index (χ1n) is 6.76. The molecule has 0 saturated carbocycles. The van der Waals surface area contributed by atoms with E-state index in [2.05, 4.69) is 5.10 Å². The van der Waals surface area contributed by atoms with Crippen LogP contribution in [0.2, 0.25) is 0 Å². The molecule has 0 atom stereocenters. The Hall–Kier alpha value is -1.69. The summed E-state index contributed by atoms with van der Waals surface area (Å²) < 4.78 is 12.3. The van der Waals surface area contributed by atoms with E-state index in [4.69, 9.17) is 9.47 Å². The van der Waals surface area contributed by atoms with Gasteiger partial charge in [0.15, 0.2) is 12.0 Å². The molecule has 20 heavy (non-hydrogen) atoms. The summed E-state index contributed by atoms with van der Waals surface area (Å²) in [7, 11) is 0. The fourth-order valence-electron chi connectivity index (χ4n) is 2.11. The van der Waals surface area contributed by atoms with Crippen molar-refractivity contribution in [3.63, 3.8) is 0 Å². The fraction of sp³-hybridized carbons (Fsp3) is 0.643. The van der Waals surface area contributed by atoms with Crippen LogP contribution in [0.4, 0.5) is 0 Å². The van der Waals surface area contributed by atoms with Gasteiger partial charge < -0.3 is 9.47 Å². The maximum Gasteiger partial charge on any atom is 0.360 e. The lowest BCUT2D eigenvalue weighted by Crippen LogP contribution is -2.25. The SMILES string of the molecule is CC(C)(C)OC(=O)c1nn(C2CCOCC2)cc1C=O. The van der Waals surface area contributed by atoms with Crippen LogP contribution in [0.3, 0.4) is 0 Å². The number of carbonyl (C=O) groups is 2. The molecule has 1 aromatic heterocycles. The minimum absolute atomic E-state index is 0.0846.